The fourth-order valence-electron chi connectivity index (χ4n) is 2.35. The molecule has 0 saturated heterocycles. The lowest BCUT2D eigenvalue weighted by atomic mass is 9.99. The van der Waals surface area contributed by atoms with Crippen molar-refractivity contribution in [3.8, 4) is 0 Å². The molecule has 0 atom stereocenters. The van der Waals surface area contributed by atoms with Crippen LogP contribution in [-0.2, 0) is 4.79 Å². The lowest BCUT2D eigenvalue weighted by molar-refractivity contribution is -0.113. The van der Waals surface area contributed by atoms with Crippen molar-refractivity contribution < 1.29 is 4.79 Å². The van der Waals surface area contributed by atoms with Gasteiger partial charge in [0, 0.05) is 0 Å². The first-order chi connectivity index (χ1) is 8.66. The number of carbonyl (C=O) groups excluding carboxylic acids is 1. The molecule has 1 fully saturated rings. The highest BCUT2D eigenvalue weighted by molar-refractivity contribution is 5.94. The number of hydrogen-bond acceptors (Lipinski definition) is 1. The largest absolute Gasteiger partial charge is 0.295 e. The molecule has 1 heteroatoms. The van der Waals surface area contributed by atoms with E-state index in [1.165, 1.54) is 30.4 Å². The van der Waals surface area contributed by atoms with E-state index in [0.717, 1.165) is 18.4 Å². The minimum atomic E-state index is 0.235. The molecule has 0 aromatic heterocycles. The first kappa shape index (κ1) is 13.1. The second-order valence-corrected chi connectivity index (χ2v) is 5.40. The lowest BCUT2D eigenvalue weighted by Crippen LogP contribution is -1.98. The Hall–Kier alpha value is -1.37. The number of Topliss-reactive ketones (excluding diaryl/α,β-unsaturated/α-hetero) is 1. The highest BCUT2D eigenvalue weighted by Crippen LogP contribution is 2.37. The molecule has 1 saturated carbocycles. The Bertz CT molecular complexity index is 442. The molecule has 0 spiro atoms. The number of hydrogen-bond donors (Lipinski definition) is 0. The molecule has 0 aromatic rings. The smallest absolute Gasteiger partial charge is 0.156 e. The van der Waals surface area contributed by atoms with Gasteiger partial charge in [0.15, 0.2) is 5.78 Å². The number of carbonyl (C=O) groups is 1. The zero-order valence-corrected chi connectivity index (χ0v) is 11.4. The summed E-state index contributed by atoms with van der Waals surface area (Å²) in [6.07, 6.45) is 16.6. The van der Waals surface area contributed by atoms with Gasteiger partial charge in [-0.3, -0.25) is 4.79 Å². The third kappa shape index (κ3) is 3.83. The van der Waals surface area contributed by atoms with E-state index in [-0.39, 0.29) is 5.78 Å². The van der Waals surface area contributed by atoms with Crippen molar-refractivity contribution in [1.29, 1.82) is 0 Å². The van der Waals surface area contributed by atoms with Gasteiger partial charge in [-0.05, 0) is 63.0 Å². The Kier molecular flexibility index (Phi) is 4.35. The summed E-state index contributed by atoms with van der Waals surface area (Å²) in [6.45, 7) is 3.82. The fraction of sp³-hybridized carbons (Fsp3) is 0.471. The van der Waals surface area contributed by atoms with E-state index in [9.17, 15) is 4.79 Å². The Morgan fingerprint density at radius 2 is 2.06 bits per heavy atom. The van der Waals surface area contributed by atoms with Crippen molar-refractivity contribution in [2.45, 2.75) is 46.0 Å². The molecule has 96 valence electrons. The molecule has 0 heterocycles. The zero-order valence-electron chi connectivity index (χ0n) is 11.4. The Labute approximate surface area is 110 Å². The molecule has 0 N–H and O–H groups in total. The van der Waals surface area contributed by atoms with E-state index in [1.54, 1.807) is 6.92 Å². The minimum absolute atomic E-state index is 0.235. The van der Waals surface area contributed by atoms with Crippen LogP contribution >= 0.6 is 0 Å². The average Bonchev–Trinajstić information content (AvgIpc) is 3.14. The Balaban J connectivity index is 1.98. The molecule has 0 aliphatic heterocycles. The van der Waals surface area contributed by atoms with E-state index in [1.807, 2.05) is 6.08 Å². The molecule has 2 rings (SSSR count). The molecule has 2 aliphatic rings. The topological polar surface area (TPSA) is 17.1 Å². The van der Waals surface area contributed by atoms with E-state index < -0.39 is 0 Å². The summed E-state index contributed by atoms with van der Waals surface area (Å²) in [7, 11) is 0. The standard InChI is InChI=1S/C17H22O/c1-13(12-15-6-4-3-5-7-15)8-11-17(14(2)18)16-9-10-16/h4,6-8,11,16H,3,5,9-10,12H2,1-2H3/b13-8+,17-11-. The van der Waals surface area contributed by atoms with Gasteiger partial charge in [-0.1, -0.05) is 36.0 Å². The van der Waals surface area contributed by atoms with Crippen LogP contribution in [0, 0.1) is 5.92 Å². The molecule has 0 unspecified atom stereocenters. The third-order valence-corrected chi connectivity index (χ3v) is 3.53. The Morgan fingerprint density at radius 1 is 1.28 bits per heavy atom. The van der Waals surface area contributed by atoms with Crippen LogP contribution in [-0.4, -0.2) is 5.78 Å². The quantitative estimate of drug-likeness (QED) is 0.511. The molecule has 0 radical (unpaired) electrons. The van der Waals surface area contributed by atoms with Crippen molar-refractivity contribution in [2.24, 2.45) is 5.92 Å². The van der Waals surface area contributed by atoms with Crippen LogP contribution < -0.4 is 0 Å². The van der Waals surface area contributed by atoms with E-state index in [0.29, 0.717) is 5.92 Å². The normalized spacial score (nSPS) is 20.9. The summed E-state index contributed by atoms with van der Waals surface area (Å²) >= 11 is 0. The van der Waals surface area contributed by atoms with Crippen molar-refractivity contribution >= 4 is 5.78 Å². The summed E-state index contributed by atoms with van der Waals surface area (Å²) in [5.41, 5.74) is 3.74. The molecule has 1 nitrogen and oxygen atoms in total. The van der Waals surface area contributed by atoms with Crippen LogP contribution in [0.1, 0.15) is 46.0 Å². The van der Waals surface area contributed by atoms with E-state index >= 15 is 0 Å². The lowest BCUT2D eigenvalue weighted by Gasteiger charge is -2.07. The SMILES string of the molecule is CC(=O)/C(=C/C=C(\C)CC1=CCCC=C1)C1CC1. The monoisotopic (exact) mass is 242 g/mol. The van der Waals surface area contributed by atoms with Crippen LogP contribution in [0.2, 0.25) is 0 Å². The Morgan fingerprint density at radius 3 is 2.61 bits per heavy atom. The molecule has 2 aliphatic carbocycles. The van der Waals surface area contributed by atoms with Crippen LogP contribution in [0.15, 0.2) is 47.1 Å². The summed E-state index contributed by atoms with van der Waals surface area (Å²) in [4.78, 5) is 11.5. The number of ketones is 1. The molecule has 0 aromatic carbocycles. The average molecular weight is 242 g/mol. The summed E-state index contributed by atoms with van der Waals surface area (Å²) in [5.74, 6) is 0.777. The van der Waals surface area contributed by atoms with Gasteiger partial charge in [0.1, 0.15) is 0 Å². The fourth-order valence-corrected chi connectivity index (χ4v) is 2.35. The zero-order chi connectivity index (χ0) is 13.0. The minimum Gasteiger partial charge on any atom is -0.295 e. The van der Waals surface area contributed by atoms with E-state index in [4.69, 9.17) is 0 Å². The second kappa shape index (κ2) is 5.99. The van der Waals surface area contributed by atoms with Gasteiger partial charge >= 0.3 is 0 Å². The van der Waals surface area contributed by atoms with Crippen molar-refractivity contribution in [1.82, 2.24) is 0 Å². The van der Waals surface area contributed by atoms with Crippen molar-refractivity contribution in [2.75, 3.05) is 0 Å². The highest BCUT2D eigenvalue weighted by Gasteiger charge is 2.27. The van der Waals surface area contributed by atoms with Gasteiger partial charge in [-0.15, -0.1) is 0 Å². The highest BCUT2D eigenvalue weighted by atomic mass is 16.1. The van der Waals surface area contributed by atoms with Gasteiger partial charge < -0.3 is 0 Å². The van der Waals surface area contributed by atoms with Crippen LogP contribution in [0.3, 0.4) is 0 Å². The van der Waals surface area contributed by atoms with Crippen LogP contribution in [0.5, 0.6) is 0 Å². The summed E-state index contributed by atoms with van der Waals surface area (Å²) in [5, 5.41) is 0. The first-order valence-corrected chi connectivity index (χ1v) is 6.90. The van der Waals surface area contributed by atoms with Gasteiger partial charge in [-0.2, -0.15) is 0 Å². The van der Waals surface area contributed by atoms with Gasteiger partial charge in [0.25, 0.3) is 0 Å². The van der Waals surface area contributed by atoms with Crippen LogP contribution in [0.25, 0.3) is 0 Å². The van der Waals surface area contributed by atoms with E-state index in [2.05, 4.69) is 31.2 Å². The third-order valence-electron chi connectivity index (χ3n) is 3.53. The van der Waals surface area contributed by atoms with Gasteiger partial charge in [0.05, 0.1) is 0 Å². The molecular formula is C17H22O. The second-order valence-electron chi connectivity index (χ2n) is 5.40. The van der Waals surface area contributed by atoms with Crippen LogP contribution in [0.4, 0.5) is 0 Å². The first-order valence-electron chi connectivity index (χ1n) is 6.90. The molecule has 0 amide bonds. The maximum atomic E-state index is 11.5. The summed E-state index contributed by atoms with van der Waals surface area (Å²) in [6, 6.07) is 0. The summed E-state index contributed by atoms with van der Waals surface area (Å²) < 4.78 is 0. The maximum Gasteiger partial charge on any atom is 0.156 e. The molecular weight excluding hydrogens is 220 g/mol. The van der Waals surface area contributed by atoms with Gasteiger partial charge in [-0.25, -0.2) is 0 Å². The number of allylic oxidation sites excluding steroid dienone is 8. The molecule has 18 heavy (non-hydrogen) atoms. The number of rotatable bonds is 5. The van der Waals surface area contributed by atoms with Gasteiger partial charge in [0.2, 0.25) is 0 Å². The predicted octanol–water partition coefficient (Wildman–Crippen LogP) is 4.52. The molecule has 0 bridgehead atoms. The maximum absolute atomic E-state index is 11.5. The van der Waals surface area contributed by atoms with Crippen molar-refractivity contribution in [3.05, 3.63) is 47.1 Å². The predicted molar refractivity (Wildman–Crippen MR) is 76.3 cm³/mol. The van der Waals surface area contributed by atoms with Crippen molar-refractivity contribution in [3.63, 3.8) is 0 Å².